The first kappa shape index (κ1) is 16.7. The SMILES string of the molecule is CCCCCCCCCCCC(=O)O[Si]CC. The summed E-state index contributed by atoms with van der Waals surface area (Å²) in [6, 6.07) is 0.948. The number of rotatable bonds is 12. The highest BCUT2D eigenvalue weighted by atomic mass is 28.2. The zero-order chi connectivity index (χ0) is 12.8. The molecule has 0 heterocycles. The minimum atomic E-state index is -0.00636. The van der Waals surface area contributed by atoms with Crippen LogP contribution in [-0.4, -0.2) is 15.7 Å². The molecule has 2 nitrogen and oxygen atoms in total. The molecule has 0 bridgehead atoms. The van der Waals surface area contributed by atoms with E-state index < -0.39 is 0 Å². The molecule has 0 amide bonds. The predicted molar refractivity (Wildman–Crippen MR) is 74.2 cm³/mol. The van der Waals surface area contributed by atoms with E-state index in [0.29, 0.717) is 16.2 Å². The minimum absolute atomic E-state index is 0.00636. The van der Waals surface area contributed by atoms with Crippen molar-refractivity contribution in [2.24, 2.45) is 0 Å². The summed E-state index contributed by atoms with van der Waals surface area (Å²) in [5.41, 5.74) is 0. The fourth-order valence-corrected chi connectivity index (χ4v) is 2.19. The maximum absolute atomic E-state index is 11.2. The maximum Gasteiger partial charge on any atom is 0.314 e. The van der Waals surface area contributed by atoms with Crippen molar-refractivity contribution >= 4 is 15.7 Å². The number of unbranched alkanes of at least 4 members (excludes halogenated alkanes) is 8. The third-order valence-electron chi connectivity index (χ3n) is 2.81. The summed E-state index contributed by atoms with van der Waals surface area (Å²) in [4.78, 5) is 11.2. The van der Waals surface area contributed by atoms with Crippen molar-refractivity contribution in [2.45, 2.75) is 84.1 Å². The highest BCUT2D eigenvalue weighted by molar-refractivity contribution is 6.30. The standard InChI is InChI=1S/C14H28O2Si/c1-3-5-6-7-8-9-10-11-12-13-14(15)16-17-4-2/h3-13H2,1-2H3. The van der Waals surface area contributed by atoms with E-state index in [1.807, 2.05) is 6.92 Å². The van der Waals surface area contributed by atoms with Crippen LogP contribution in [-0.2, 0) is 9.22 Å². The van der Waals surface area contributed by atoms with Gasteiger partial charge in [-0.2, -0.15) is 0 Å². The van der Waals surface area contributed by atoms with Crippen LogP contribution in [0.1, 0.15) is 78.1 Å². The van der Waals surface area contributed by atoms with E-state index in [2.05, 4.69) is 6.92 Å². The van der Waals surface area contributed by atoms with Crippen molar-refractivity contribution < 1.29 is 9.22 Å². The summed E-state index contributed by atoms with van der Waals surface area (Å²) in [5.74, 6) is -0.00636. The van der Waals surface area contributed by atoms with Crippen LogP contribution < -0.4 is 0 Å². The largest absolute Gasteiger partial charge is 0.516 e. The van der Waals surface area contributed by atoms with Crippen molar-refractivity contribution in [3.05, 3.63) is 0 Å². The molecular weight excluding hydrogens is 228 g/mol. The summed E-state index contributed by atoms with van der Waals surface area (Å²) >= 11 is 0. The number of hydrogen-bond donors (Lipinski definition) is 0. The molecule has 0 spiro atoms. The molecule has 2 radical (unpaired) electrons. The van der Waals surface area contributed by atoms with Crippen LogP contribution in [0.25, 0.3) is 0 Å². The first-order valence-corrected chi connectivity index (χ1v) is 8.35. The van der Waals surface area contributed by atoms with Crippen LogP contribution in [0.5, 0.6) is 0 Å². The van der Waals surface area contributed by atoms with Gasteiger partial charge in [0.1, 0.15) is 0 Å². The third kappa shape index (κ3) is 13.6. The van der Waals surface area contributed by atoms with Crippen LogP contribution in [0, 0.1) is 0 Å². The Bertz CT molecular complexity index is 172. The van der Waals surface area contributed by atoms with Gasteiger partial charge >= 0.3 is 9.76 Å². The lowest BCUT2D eigenvalue weighted by Crippen LogP contribution is -2.07. The molecule has 0 unspecified atom stereocenters. The van der Waals surface area contributed by atoms with Crippen molar-refractivity contribution in [3.63, 3.8) is 0 Å². The van der Waals surface area contributed by atoms with Gasteiger partial charge in [-0.25, -0.2) is 0 Å². The van der Waals surface area contributed by atoms with Crippen LogP contribution in [0.15, 0.2) is 0 Å². The first-order valence-electron chi connectivity index (χ1n) is 7.23. The van der Waals surface area contributed by atoms with Gasteiger partial charge in [0.05, 0.1) is 0 Å². The molecule has 0 aliphatic heterocycles. The fourth-order valence-electron chi connectivity index (χ4n) is 1.78. The summed E-state index contributed by atoms with van der Waals surface area (Å²) < 4.78 is 5.05. The van der Waals surface area contributed by atoms with Crippen molar-refractivity contribution in [3.8, 4) is 0 Å². The summed E-state index contributed by atoms with van der Waals surface area (Å²) in [7, 11) is 0.357. The van der Waals surface area contributed by atoms with Crippen molar-refractivity contribution in [2.75, 3.05) is 0 Å². The van der Waals surface area contributed by atoms with Crippen molar-refractivity contribution in [1.82, 2.24) is 0 Å². The van der Waals surface area contributed by atoms with Gasteiger partial charge in [0.2, 0.25) is 0 Å². The van der Waals surface area contributed by atoms with Crippen LogP contribution in [0.2, 0.25) is 6.04 Å². The molecule has 0 aromatic rings. The number of hydrogen-bond acceptors (Lipinski definition) is 2. The molecule has 0 saturated heterocycles. The van der Waals surface area contributed by atoms with Gasteiger partial charge in [0.25, 0.3) is 5.97 Å². The molecule has 0 saturated carbocycles. The Morgan fingerprint density at radius 3 is 1.94 bits per heavy atom. The van der Waals surface area contributed by atoms with E-state index in [9.17, 15) is 4.79 Å². The van der Waals surface area contributed by atoms with Crippen LogP contribution in [0.4, 0.5) is 0 Å². The topological polar surface area (TPSA) is 26.3 Å². The average Bonchev–Trinajstić information content (AvgIpc) is 2.34. The van der Waals surface area contributed by atoms with Gasteiger partial charge in [-0.3, -0.25) is 4.79 Å². The quantitative estimate of drug-likeness (QED) is 0.379. The lowest BCUT2D eigenvalue weighted by Gasteiger charge is -2.03. The molecule has 0 fully saturated rings. The summed E-state index contributed by atoms with van der Waals surface area (Å²) in [5, 5.41) is 0. The van der Waals surface area contributed by atoms with Gasteiger partial charge in [0, 0.05) is 6.42 Å². The molecule has 0 aliphatic rings. The Morgan fingerprint density at radius 1 is 0.882 bits per heavy atom. The van der Waals surface area contributed by atoms with Gasteiger partial charge in [-0.05, 0) is 12.5 Å². The second-order valence-electron chi connectivity index (χ2n) is 4.55. The average molecular weight is 256 g/mol. The minimum Gasteiger partial charge on any atom is -0.516 e. The number of carbonyl (C=O) groups excluding carboxylic acids is 1. The third-order valence-corrected chi connectivity index (χ3v) is 3.48. The van der Waals surface area contributed by atoms with Gasteiger partial charge in [-0.15, -0.1) is 0 Å². The van der Waals surface area contributed by atoms with E-state index in [1.165, 1.54) is 51.4 Å². The predicted octanol–water partition coefficient (Wildman–Crippen LogP) is 4.51. The molecule has 3 heteroatoms. The molecule has 17 heavy (non-hydrogen) atoms. The second-order valence-corrected chi connectivity index (χ2v) is 5.75. The Balaban J connectivity index is 3.05. The van der Waals surface area contributed by atoms with E-state index >= 15 is 0 Å². The van der Waals surface area contributed by atoms with E-state index in [4.69, 9.17) is 4.43 Å². The first-order chi connectivity index (χ1) is 8.31. The van der Waals surface area contributed by atoms with E-state index in [-0.39, 0.29) is 5.97 Å². The Hall–Kier alpha value is -0.313. The van der Waals surface area contributed by atoms with Crippen molar-refractivity contribution in [1.29, 1.82) is 0 Å². The Labute approximate surface area is 109 Å². The maximum atomic E-state index is 11.2. The highest BCUT2D eigenvalue weighted by Crippen LogP contribution is 2.10. The van der Waals surface area contributed by atoms with E-state index in [0.717, 1.165) is 12.5 Å². The van der Waals surface area contributed by atoms with Crippen LogP contribution in [0.3, 0.4) is 0 Å². The monoisotopic (exact) mass is 256 g/mol. The molecule has 0 aromatic carbocycles. The molecule has 0 aromatic heterocycles. The Kier molecular flexibility index (Phi) is 13.5. The highest BCUT2D eigenvalue weighted by Gasteiger charge is 2.01. The summed E-state index contributed by atoms with van der Waals surface area (Å²) in [6.07, 6.45) is 12.2. The summed E-state index contributed by atoms with van der Waals surface area (Å²) in [6.45, 7) is 4.28. The lowest BCUT2D eigenvalue weighted by molar-refractivity contribution is -0.134. The van der Waals surface area contributed by atoms with Gasteiger partial charge in [-0.1, -0.05) is 65.2 Å². The normalized spacial score (nSPS) is 10.5. The Morgan fingerprint density at radius 2 is 1.41 bits per heavy atom. The molecule has 0 aliphatic carbocycles. The zero-order valence-corrected chi connectivity index (χ0v) is 12.6. The molecule has 100 valence electrons. The molecular formula is C14H28O2Si. The molecule has 0 atom stereocenters. The second kappa shape index (κ2) is 13.8. The molecule has 0 rings (SSSR count). The van der Waals surface area contributed by atoms with Gasteiger partial charge < -0.3 is 4.43 Å². The fraction of sp³-hybridized carbons (Fsp3) is 0.929. The lowest BCUT2D eigenvalue weighted by atomic mass is 10.1. The smallest absolute Gasteiger partial charge is 0.314 e. The molecule has 0 N–H and O–H groups in total. The van der Waals surface area contributed by atoms with Gasteiger partial charge in [0.15, 0.2) is 0 Å². The zero-order valence-electron chi connectivity index (χ0n) is 11.6. The number of carbonyl (C=O) groups is 1. The van der Waals surface area contributed by atoms with Crippen LogP contribution >= 0.6 is 0 Å². The van der Waals surface area contributed by atoms with E-state index in [1.54, 1.807) is 0 Å².